The number of thiophene rings is 1. The van der Waals surface area contributed by atoms with Crippen LogP contribution in [-0.2, 0) is 14.2 Å². The second-order valence-electron chi connectivity index (χ2n) is 16.1. The lowest BCUT2D eigenvalue weighted by Gasteiger charge is -2.28. The van der Waals surface area contributed by atoms with Gasteiger partial charge in [0.25, 0.3) is 17.7 Å². The number of anilines is 1. The summed E-state index contributed by atoms with van der Waals surface area (Å²) >= 11 is 1.39. The van der Waals surface area contributed by atoms with Gasteiger partial charge in [0.1, 0.15) is 16.8 Å². The summed E-state index contributed by atoms with van der Waals surface area (Å²) in [5.74, 6) is -0.632. The fourth-order valence-electron chi connectivity index (χ4n) is 5.49. The second kappa shape index (κ2) is 16.1. The molecule has 16 nitrogen and oxygen atoms in total. The highest BCUT2D eigenvalue weighted by molar-refractivity contribution is 7.13. The number of imide groups is 1. The largest absolute Gasteiger partial charge is 0.444 e. The molecule has 1 saturated heterocycles. The van der Waals surface area contributed by atoms with Gasteiger partial charge in [-0.25, -0.2) is 24.4 Å². The lowest BCUT2D eigenvalue weighted by Crippen LogP contribution is -2.44. The van der Waals surface area contributed by atoms with Gasteiger partial charge in [-0.05, 0) is 105 Å². The topological polar surface area (TPSA) is 194 Å². The second-order valence-corrected chi connectivity index (χ2v) is 17.0. The van der Waals surface area contributed by atoms with Crippen LogP contribution in [-0.4, -0.2) is 97.1 Å². The van der Waals surface area contributed by atoms with Crippen molar-refractivity contribution in [2.45, 2.75) is 92.5 Å². The number of carbonyl (C=O) groups excluding carboxylic acids is 4. The number of aryl methyl sites for hydroxylation is 1. The number of benzene rings is 1. The number of hydrogen-bond donors (Lipinski definition) is 0. The van der Waals surface area contributed by atoms with Gasteiger partial charge in [0, 0.05) is 37.3 Å². The number of rotatable bonds is 5. The SMILES string of the molecule is Cc1ccsc1-c1nnc(-c2nc(-c3ccc(C(=O)N4CCCN(C(=O)OC(C)(C)C)CC4)cc3C#N)cnc2N(C(=O)OC(C)(C)C)C(=O)OC(C)(C)C)o1. The number of aromatic nitrogens is 4. The van der Waals surface area contributed by atoms with Gasteiger partial charge in [0.2, 0.25) is 0 Å². The monoisotopic (exact) mass is 786 g/mol. The Labute approximate surface area is 329 Å². The van der Waals surface area contributed by atoms with Gasteiger partial charge in [0.05, 0.1) is 28.4 Å². The minimum Gasteiger partial charge on any atom is -0.444 e. The van der Waals surface area contributed by atoms with Crippen LogP contribution in [0.15, 0.2) is 40.3 Å². The number of amides is 4. The number of carbonyl (C=O) groups is 4. The van der Waals surface area contributed by atoms with Crippen LogP contribution in [0.3, 0.4) is 0 Å². The van der Waals surface area contributed by atoms with Crippen molar-refractivity contribution in [3.05, 3.63) is 52.5 Å². The third-order valence-electron chi connectivity index (χ3n) is 7.90. The maximum atomic E-state index is 13.7. The Bertz CT molecular complexity index is 2140. The molecule has 0 radical (unpaired) electrons. The van der Waals surface area contributed by atoms with Crippen molar-refractivity contribution in [2.24, 2.45) is 0 Å². The number of nitrogens with zero attached hydrogens (tertiary/aromatic N) is 8. The van der Waals surface area contributed by atoms with Gasteiger partial charge < -0.3 is 28.4 Å². The molecule has 0 atom stereocenters. The molecule has 0 unspecified atom stereocenters. The predicted octanol–water partition coefficient (Wildman–Crippen LogP) is 7.86. The fourth-order valence-corrected chi connectivity index (χ4v) is 6.34. The molecule has 296 valence electrons. The summed E-state index contributed by atoms with van der Waals surface area (Å²) in [5, 5.41) is 20.6. The van der Waals surface area contributed by atoms with Crippen LogP contribution in [0, 0.1) is 18.3 Å². The normalized spacial score (nSPS) is 13.7. The minimum atomic E-state index is -1.09. The molecule has 1 aromatic carbocycles. The van der Waals surface area contributed by atoms with E-state index in [-0.39, 0.29) is 52.6 Å². The summed E-state index contributed by atoms with van der Waals surface area (Å²) in [6, 6.07) is 8.64. The molecule has 0 bridgehead atoms. The van der Waals surface area contributed by atoms with E-state index >= 15 is 0 Å². The lowest BCUT2D eigenvalue weighted by atomic mass is 10.0. The van der Waals surface area contributed by atoms with Crippen molar-refractivity contribution >= 4 is 41.3 Å². The van der Waals surface area contributed by atoms with E-state index in [9.17, 15) is 24.4 Å². The van der Waals surface area contributed by atoms with E-state index in [4.69, 9.17) is 23.6 Å². The first-order chi connectivity index (χ1) is 26.1. The minimum absolute atomic E-state index is 0.102. The van der Waals surface area contributed by atoms with Crippen molar-refractivity contribution in [2.75, 3.05) is 31.1 Å². The van der Waals surface area contributed by atoms with E-state index < -0.39 is 35.1 Å². The van der Waals surface area contributed by atoms with E-state index in [1.807, 2.05) is 18.4 Å². The molecule has 0 spiro atoms. The zero-order chi connectivity index (χ0) is 41.2. The summed E-state index contributed by atoms with van der Waals surface area (Å²) in [7, 11) is 0. The molecule has 0 saturated carbocycles. The Balaban J connectivity index is 1.55. The third-order valence-corrected chi connectivity index (χ3v) is 8.90. The van der Waals surface area contributed by atoms with E-state index in [2.05, 4.69) is 21.3 Å². The molecule has 1 aliphatic heterocycles. The predicted molar refractivity (Wildman–Crippen MR) is 207 cm³/mol. The van der Waals surface area contributed by atoms with Crippen molar-refractivity contribution in [1.29, 1.82) is 5.26 Å². The van der Waals surface area contributed by atoms with Crippen molar-refractivity contribution < 1.29 is 37.8 Å². The molecule has 1 fully saturated rings. The first-order valence-electron chi connectivity index (χ1n) is 18.0. The van der Waals surface area contributed by atoms with Gasteiger partial charge in [-0.1, -0.05) is 6.07 Å². The summed E-state index contributed by atoms with van der Waals surface area (Å²) in [4.78, 5) is 67.5. The molecule has 5 rings (SSSR count). The third kappa shape index (κ3) is 10.0. The smallest absolute Gasteiger partial charge is 0.425 e. The number of hydrogen-bond acceptors (Lipinski definition) is 14. The molecule has 4 amide bonds. The molecule has 3 aromatic heterocycles. The van der Waals surface area contributed by atoms with Crippen LogP contribution in [0.4, 0.5) is 20.2 Å². The highest BCUT2D eigenvalue weighted by Crippen LogP contribution is 2.36. The average molecular weight is 787 g/mol. The molecule has 17 heteroatoms. The molecule has 1 aliphatic rings. The van der Waals surface area contributed by atoms with Crippen LogP contribution in [0.2, 0.25) is 0 Å². The zero-order valence-electron chi connectivity index (χ0n) is 33.3. The van der Waals surface area contributed by atoms with Gasteiger partial charge in [-0.3, -0.25) is 4.79 Å². The molecule has 0 aliphatic carbocycles. The Hall–Kier alpha value is -5.89. The Morgan fingerprint density at radius 2 is 1.45 bits per heavy atom. The zero-order valence-corrected chi connectivity index (χ0v) is 34.1. The lowest BCUT2D eigenvalue weighted by molar-refractivity contribution is 0.0254. The van der Waals surface area contributed by atoms with Crippen molar-refractivity contribution in [1.82, 2.24) is 30.0 Å². The molecule has 56 heavy (non-hydrogen) atoms. The van der Waals surface area contributed by atoms with Gasteiger partial charge in [0.15, 0.2) is 11.5 Å². The summed E-state index contributed by atoms with van der Waals surface area (Å²) < 4.78 is 22.8. The summed E-state index contributed by atoms with van der Waals surface area (Å²) in [6.07, 6.45) is -0.794. The van der Waals surface area contributed by atoms with Crippen molar-refractivity contribution in [3.8, 4) is 39.7 Å². The molecular formula is C39H46N8O8S. The Morgan fingerprint density at radius 1 is 0.839 bits per heavy atom. The summed E-state index contributed by atoms with van der Waals surface area (Å²) in [5.41, 5.74) is -1.14. The van der Waals surface area contributed by atoms with E-state index in [1.54, 1.807) is 84.2 Å². The van der Waals surface area contributed by atoms with Crippen LogP contribution < -0.4 is 4.90 Å². The first-order valence-corrected chi connectivity index (χ1v) is 18.9. The summed E-state index contributed by atoms with van der Waals surface area (Å²) in [6.45, 7) is 18.6. The fraction of sp³-hybridized carbons (Fsp3) is 0.462. The quantitative estimate of drug-likeness (QED) is 0.178. The molecule has 4 heterocycles. The standard InChI is InChI=1S/C39H46N8O8S/c1-23-14-19-56-29(23)32-44-43-31(52-32)28-30(47(35(50)54-38(5,6)7)36(51)55-39(8,9)10)41-22-27(42-28)26-13-12-24(20-25(26)21-40)33(48)45-15-11-16-46(18-17-45)34(49)53-37(2,3)4/h12-14,19-20,22H,11,15-18H2,1-10H3. The van der Waals surface area contributed by atoms with Crippen molar-refractivity contribution in [3.63, 3.8) is 0 Å². The first kappa shape index (κ1) is 41.3. The van der Waals surface area contributed by atoms with Gasteiger partial charge in [-0.15, -0.1) is 21.5 Å². The molecular weight excluding hydrogens is 741 g/mol. The van der Waals surface area contributed by atoms with Crippen LogP contribution in [0.5, 0.6) is 0 Å². The maximum Gasteiger partial charge on any atom is 0.425 e. The van der Waals surface area contributed by atoms with Crippen LogP contribution in [0.25, 0.3) is 33.6 Å². The highest BCUT2D eigenvalue weighted by atomic mass is 32.1. The van der Waals surface area contributed by atoms with Crippen LogP contribution >= 0.6 is 11.3 Å². The van der Waals surface area contributed by atoms with Crippen LogP contribution in [0.1, 0.15) is 90.2 Å². The van der Waals surface area contributed by atoms with Gasteiger partial charge >= 0.3 is 18.3 Å². The van der Waals surface area contributed by atoms with E-state index in [0.29, 0.717) is 41.4 Å². The number of nitriles is 1. The molecule has 0 N–H and O–H groups in total. The average Bonchev–Trinajstić information content (AvgIpc) is 3.67. The van der Waals surface area contributed by atoms with Gasteiger partial charge in [-0.2, -0.15) is 10.2 Å². The van der Waals surface area contributed by atoms with E-state index in [1.165, 1.54) is 23.6 Å². The Kier molecular flexibility index (Phi) is 11.8. The number of ether oxygens (including phenoxy) is 3. The Morgan fingerprint density at radius 3 is 2.04 bits per heavy atom. The van der Waals surface area contributed by atoms with E-state index in [0.717, 1.165) is 5.56 Å². The highest BCUT2D eigenvalue weighted by Gasteiger charge is 2.37. The molecule has 4 aromatic rings. The maximum absolute atomic E-state index is 13.7.